The number of pyridine rings is 1. The van der Waals surface area contributed by atoms with Crippen LogP contribution in [0.1, 0.15) is 22.3 Å². The zero-order chi connectivity index (χ0) is 12.8. The molecule has 0 radical (unpaired) electrons. The van der Waals surface area contributed by atoms with Crippen molar-refractivity contribution < 1.29 is 4.74 Å². The number of ether oxygens (including phenoxy) is 1. The molecule has 1 unspecified atom stereocenters. The van der Waals surface area contributed by atoms with Gasteiger partial charge in [-0.2, -0.15) is 0 Å². The van der Waals surface area contributed by atoms with E-state index in [0.717, 1.165) is 22.8 Å². The van der Waals surface area contributed by atoms with Crippen molar-refractivity contribution >= 4 is 11.3 Å². The molecule has 0 aliphatic heterocycles. The van der Waals surface area contributed by atoms with Gasteiger partial charge < -0.3 is 10.1 Å². The lowest BCUT2D eigenvalue weighted by molar-refractivity contribution is 0.197. The number of aryl methyl sites for hydroxylation is 1. The molecule has 5 heteroatoms. The number of nitrogens with one attached hydrogen (secondary N) is 1. The van der Waals surface area contributed by atoms with Gasteiger partial charge in [0.2, 0.25) is 0 Å². The summed E-state index contributed by atoms with van der Waals surface area (Å²) >= 11 is 1.67. The van der Waals surface area contributed by atoms with Gasteiger partial charge in [-0.05, 0) is 18.6 Å². The second-order valence-corrected chi connectivity index (χ2v) is 4.88. The molecule has 0 saturated heterocycles. The van der Waals surface area contributed by atoms with Crippen LogP contribution in [0, 0.1) is 6.92 Å². The molecule has 1 atom stereocenters. The Balaban J connectivity index is 2.18. The van der Waals surface area contributed by atoms with Crippen molar-refractivity contribution in [3.8, 4) is 0 Å². The highest BCUT2D eigenvalue weighted by molar-refractivity contribution is 7.09. The SMILES string of the molecule is COCCNC(c1cccnc1)c1nc(C)cs1. The highest BCUT2D eigenvalue weighted by Gasteiger charge is 2.16. The summed E-state index contributed by atoms with van der Waals surface area (Å²) in [7, 11) is 1.70. The van der Waals surface area contributed by atoms with Gasteiger partial charge in [-0.1, -0.05) is 6.07 Å². The summed E-state index contributed by atoms with van der Waals surface area (Å²) in [5.74, 6) is 0. The second kappa shape index (κ2) is 6.58. The van der Waals surface area contributed by atoms with Crippen LogP contribution >= 0.6 is 11.3 Å². The lowest BCUT2D eigenvalue weighted by Crippen LogP contribution is -2.26. The van der Waals surface area contributed by atoms with Gasteiger partial charge in [-0.3, -0.25) is 4.98 Å². The van der Waals surface area contributed by atoms with E-state index >= 15 is 0 Å². The van der Waals surface area contributed by atoms with Gasteiger partial charge in [0.15, 0.2) is 0 Å². The Kier molecular flexibility index (Phi) is 4.81. The van der Waals surface area contributed by atoms with Crippen LogP contribution in [0.25, 0.3) is 0 Å². The standard InChI is InChI=1S/C13H17N3OS/c1-10-9-18-13(16-10)12(15-6-7-17-2)11-4-3-5-14-8-11/h3-5,8-9,12,15H,6-7H2,1-2H3. The maximum Gasteiger partial charge on any atom is 0.114 e. The van der Waals surface area contributed by atoms with Gasteiger partial charge in [0.05, 0.1) is 12.6 Å². The molecule has 0 fully saturated rings. The van der Waals surface area contributed by atoms with Crippen LogP contribution in [0.4, 0.5) is 0 Å². The Bertz CT molecular complexity index is 472. The largest absolute Gasteiger partial charge is 0.383 e. The average molecular weight is 263 g/mol. The minimum atomic E-state index is 0.0903. The molecule has 2 aromatic heterocycles. The minimum Gasteiger partial charge on any atom is -0.383 e. The quantitative estimate of drug-likeness (QED) is 0.811. The Morgan fingerprint density at radius 3 is 3.00 bits per heavy atom. The summed E-state index contributed by atoms with van der Waals surface area (Å²) in [6.07, 6.45) is 3.66. The molecule has 2 rings (SSSR count). The average Bonchev–Trinajstić information content (AvgIpc) is 2.82. The molecule has 4 nitrogen and oxygen atoms in total. The summed E-state index contributed by atoms with van der Waals surface area (Å²) < 4.78 is 5.07. The molecule has 2 aromatic rings. The van der Waals surface area contributed by atoms with Crippen molar-refractivity contribution in [2.45, 2.75) is 13.0 Å². The molecule has 0 aromatic carbocycles. The summed E-state index contributed by atoms with van der Waals surface area (Å²) in [5.41, 5.74) is 2.18. The van der Waals surface area contributed by atoms with Crippen molar-refractivity contribution in [1.29, 1.82) is 0 Å². The number of aromatic nitrogens is 2. The maximum atomic E-state index is 5.07. The molecule has 0 spiro atoms. The summed E-state index contributed by atoms with van der Waals surface area (Å²) in [6, 6.07) is 4.10. The fourth-order valence-electron chi connectivity index (χ4n) is 1.70. The Morgan fingerprint density at radius 2 is 2.39 bits per heavy atom. The number of hydrogen-bond donors (Lipinski definition) is 1. The highest BCUT2D eigenvalue weighted by atomic mass is 32.1. The van der Waals surface area contributed by atoms with Gasteiger partial charge in [0, 0.05) is 37.1 Å². The third-order valence-corrected chi connectivity index (χ3v) is 3.58. The lowest BCUT2D eigenvalue weighted by atomic mass is 10.1. The number of rotatable bonds is 6. The first-order chi connectivity index (χ1) is 8.81. The smallest absolute Gasteiger partial charge is 0.114 e. The third kappa shape index (κ3) is 3.35. The number of methoxy groups -OCH3 is 1. The van der Waals surface area contributed by atoms with E-state index in [2.05, 4.69) is 26.7 Å². The van der Waals surface area contributed by atoms with E-state index in [0.29, 0.717) is 6.61 Å². The van der Waals surface area contributed by atoms with Crippen LogP contribution < -0.4 is 5.32 Å². The number of hydrogen-bond acceptors (Lipinski definition) is 5. The zero-order valence-electron chi connectivity index (χ0n) is 10.6. The fraction of sp³-hybridized carbons (Fsp3) is 0.385. The number of thiazole rings is 1. The third-order valence-electron chi connectivity index (χ3n) is 2.56. The Hall–Kier alpha value is -1.30. The molecule has 0 bridgehead atoms. The predicted molar refractivity (Wildman–Crippen MR) is 72.8 cm³/mol. The molecule has 0 aliphatic rings. The number of nitrogens with zero attached hydrogens (tertiary/aromatic N) is 2. The van der Waals surface area contributed by atoms with Crippen molar-refractivity contribution in [1.82, 2.24) is 15.3 Å². The normalized spacial score (nSPS) is 12.6. The molecular weight excluding hydrogens is 246 g/mol. The van der Waals surface area contributed by atoms with Crippen molar-refractivity contribution in [2.75, 3.05) is 20.3 Å². The van der Waals surface area contributed by atoms with Gasteiger partial charge in [0.1, 0.15) is 5.01 Å². The lowest BCUT2D eigenvalue weighted by Gasteiger charge is -2.16. The molecule has 1 N–H and O–H groups in total. The molecule has 2 heterocycles. The Labute approximate surface area is 111 Å². The van der Waals surface area contributed by atoms with Crippen molar-refractivity contribution in [3.05, 3.63) is 46.2 Å². The highest BCUT2D eigenvalue weighted by Crippen LogP contribution is 2.24. The van der Waals surface area contributed by atoms with E-state index in [1.165, 1.54) is 0 Å². The first-order valence-electron chi connectivity index (χ1n) is 5.85. The summed E-state index contributed by atoms with van der Waals surface area (Å²) in [4.78, 5) is 8.73. The predicted octanol–water partition coefficient (Wildman–Crippen LogP) is 2.17. The molecule has 96 valence electrons. The van der Waals surface area contributed by atoms with E-state index in [-0.39, 0.29) is 6.04 Å². The van der Waals surface area contributed by atoms with E-state index in [9.17, 15) is 0 Å². The Morgan fingerprint density at radius 1 is 1.50 bits per heavy atom. The second-order valence-electron chi connectivity index (χ2n) is 3.99. The summed E-state index contributed by atoms with van der Waals surface area (Å²) in [6.45, 7) is 3.48. The van der Waals surface area contributed by atoms with E-state index in [1.807, 2.05) is 19.2 Å². The van der Waals surface area contributed by atoms with Gasteiger partial charge in [-0.15, -0.1) is 11.3 Å². The van der Waals surface area contributed by atoms with Gasteiger partial charge in [0.25, 0.3) is 0 Å². The first kappa shape index (κ1) is 13.1. The minimum absolute atomic E-state index is 0.0903. The van der Waals surface area contributed by atoms with Crippen LogP contribution in [0.3, 0.4) is 0 Å². The van der Waals surface area contributed by atoms with E-state index in [1.54, 1.807) is 24.6 Å². The van der Waals surface area contributed by atoms with E-state index < -0.39 is 0 Å². The van der Waals surface area contributed by atoms with Crippen LogP contribution in [0.5, 0.6) is 0 Å². The summed E-state index contributed by atoms with van der Waals surface area (Å²) in [5, 5.41) is 6.58. The van der Waals surface area contributed by atoms with Crippen LogP contribution in [-0.2, 0) is 4.74 Å². The van der Waals surface area contributed by atoms with Crippen molar-refractivity contribution in [2.24, 2.45) is 0 Å². The van der Waals surface area contributed by atoms with Crippen LogP contribution in [-0.4, -0.2) is 30.2 Å². The first-order valence-corrected chi connectivity index (χ1v) is 6.73. The van der Waals surface area contributed by atoms with Crippen LogP contribution in [0.15, 0.2) is 29.9 Å². The topological polar surface area (TPSA) is 47.0 Å². The van der Waals surface area contributed by atoms with Crippen molar-refractivity contribution in [3.63, 3.8) is 0 Å². The monoisotopic (exact) mass is 263 g/mol. The maximum absolute atomic E-state index is 5.07. The fourth-order valence-corrected chi connectivity index (χ4v) is 2.60. The molecule has 18 heavy (non-hydrogen) atoms. The van der Waals surface area contributed by atoms with E-state index in [4.69, 9.17) is 4.74 Å². The molecular formula is C13H17N3OS. The van der Waals surface area contributed by atoms with Gasteiger partial charge in [-0.25, -0.2) is 4.98 Å². The molecule has 0 amide bonds. The molecule has 0 saturated carbocycles. The molecule has 0 aliphatic carbocycles. The van der Waals surface area contributed by atoms with Gasteiger partial charge >= 0.3 is 0 Å². The zero-order valence-corrected chi connectivity index (χ0v) is 11.4. The van der Waals surface area contributed by atoms with Crippen LogP contribution in [0.2, 0.25) is 0 Å².